The first kappa shape index (κ1) is 21.8. The summed E-state index contributed by atoms with van der Waals surface area (Å²) >= 11 is 5.56. The fourth-order valence-electron chi connectivity index (χ4n) is 3.78. The average molecular weight is 452 g/mol. The largest absolute Gasteiger partial charge is 0.494 e. The second-order valence-electron chi connectivity index (χ2n) is 7.22. The van der Waals surface area contributed by atoms with Crippen molar-refractivity contribution in [3.05, 3.63) is 72.2 Å². The quantitative estimate of drug-likeness (QED) is 0.402. The summed E-state index contributed by atoms with van der Waals surface area (Å²) in [6, 6.07) is 16.7. The molecule has 0 radical (unpaired) electrons. The maximum absolute atomic E-state index is 12.3. The summed E-state index contributed by atoms with van der Waals surface area (Å²) in [6.07, 6.45) is 1.73. The zero-order chi connectivity index (χ0) is 22.5. The van der Waals surface area contributed by atoms with E-state index in [9.17, 15) is 4.79 Å². The van der Waals surface area contributed by atoms with Crippen molar-refractivity contribution in [2.75, 3.05) is 19.8 Å². The Morgan fingerprint density at radius 3 is 2.62 bits per heavy atom. The van der Waals surface area contributed by atoms with Crippen LogP contribution in [0.1, 0.15) is 37.4 Å². The molecule has 0 aliphatic carbocycles. The molecule has 0 spiro atoms. The number of carbonyl (C=O) groups excluding carboxylic acids is 1. The third-order valence-electron chi connectivity index (χ3n) is 5.17. The van der Waals surface area contributed by atoms with Gasteiger partial charge in [0.15, 0.2) is 5.11 Å². The van der Waals surface area contributed by atoms with Crippen molar-refractivity contribution in [2.45, 2.75) is 25.9 Å². The van der Waals surface area contributed by atoms with Crippen LogP contribution in [0.25, 0.3) is 11.3 Å². The lowest BCUT2D eigenvalue weighted by Gasteiger charge is -2.25. The van der Waals surface area contributed by atoms with E-state index in [1.807, 2.05) is 61.5 Å². The first-order chi connectivity index (χ1) is 15.6. The fraction of sp³-hybridized carbons (Fsp3) is 0.292. The number of nitrogens with one attached hydrogen (secondary N) is 1. The smallest absolute Gasteiger partial charge is 0.325 e. The SMILES string of the molecule is CCOC(=O)CN1C(=S)N[C@H](c2ccccn2)[C@@H]1c1ccc(-c2ccc(OCC)cc2)o1. The van der Waals surface area contributed by atoms with Crippen molar-refractivity contribution >= 4 is 23.3 Å². The van der Waals surface area contributed by atoms with E-state index in [1.54, 1.807) is 18.0 Å². The summed E-state index contributed by atoms with van der Waals surface area (Å²) in [4.78, 5) is 18.6. The Morgan fingerprint density at radius 1 is 1.12 bits per heavy atom. The standard InChI is InChI=1S/C24H25N3O4S/c1-3-29-17-10-8-16(9-11-17)19-12-13-20(31-19)23-22(18-7-5-6-14-25-18)26-24(32)27(23)15-21(28)30-4-2/h5-14,22-23H,3-4,15H2,1-2H3,(H,26,32)/t22-,23+/m1/s1. The number of carbonyl (C=O) groups is 1. The van der Waals surface area contributed by atoms with Gasteiger partial charge in [0, 0.05) is 11.8 Å². The van der Waals surface area contributed by atoms with Crippen molar-refractivity contribution < 1.29 is 18.7 Å². The van der Waals surface area contributed by atoms with Crippen LogP contribution in [0.15, 0.2) is 65.2 Å². The molecule has 2 aromatic heterocycles. The molecule has 3 aromatic rings. The van der Waals surface area contributed by atoms with Gasteiger partial charge in [-0.3, -0.25) is 9.78 Å². The summed E-state index contributed by atoms with van der Waals surface area (Å²) in [7, 11) is 0. The Labute approximate surface area is 192 Å². The average Bonchev–Trinajstić information content (AvgIpc) is 3.40. The van der Waals surface area contributed by atoms with Crippen LogP contribution in [0.5, 0.6) is 5.75 Å². The molecular weight excluding hydrogens is 426 g/mol. The van der Waals surface area contributed by atoms with E-state index in [0.29, 0.717) is 24.1 Å². The van der Waals surface area contributed by atoms with Crippen molar-refractivity contribution in [1.29, 1.82) is 0 Å². The molecule has 0 unspecified atom stereocenters. The van der Waals surface area contributed by atoms with Gasteiger partial charge in [-0.2, -0.15) is 0 Å². The van der Waals surface area contributed by atoms with Crippen LogP contribution >= 0.6 is 12.2 Å². The second kappa shape index (κ2) is 9.82. The second-order valence-corrected chi connectivity index (χ2v) is 7.61. The lowest BCUT2D eigenvalue weighted by atomic mass is 10.0. The highest BCUT2D eigenvalue weighted by molar-refractivity contribution is 7.80. The minimum atomic E-state index is -0.349. The molecule has 32 heavy (non-hydrogen) atoms. The third kappa shape index (κ3) is 4.60. The number of pyridine rings is 1. The minimum Gasteiger partial charge on any atom is -0.494 e. The third-order valence-corrected chi connectivity index (χ3v) is 5.52. The number of rotatable bonds is 8. The lowest BCUT2D eigenvalue weighted by molar-refractivity contribution is -0.143. The number of thiocarbonyl (C=S) groups is 1. The number of esters is 1. The normalized spacial score (nSPS) is 17.8. The molecule has 166 valence electrons. The van der Waals surface area contributed by atoms with Crippen LogP contribution in [0, 0.1) is 0 Å². The van der Waals surface area contributed by atoms with Crippen molar-refractivity contribution in [1.82, 2.24) is 15.2 Å². The molecule has 1 aliphatic rings. The van der Waals surface area contributed by atoms with E-state index in [1.165, 1.54) is 0 Å². The number of benzene rings is 1. The van der Waals surface area contributed by atoms with E-state index in [2.05, 4.69) is 10.3 Å². The summed E-state index contributed by atoms with van der Waals surface area (Å²) in [5.74, 6) is 1.86. The van der Waals surface area contributed by atoms with E-state index >= 15 is 0 Å². The highest BCUT2D eigenvalue weighted by atomic mass is 32.1. The Kier molecular flexibility index (Phi) is 6.70. The van der Waals surface area contributed by atoms with Crippen molar-refractivity contribution in [3.63, 3.8) is 0 Å². The Hall–Kier alpha value is -3.39. The Bertz CT molecular complexity index is 1070. The highest BCUT2D eigenvalue weighted by Gasteiger charge is 2.42. The maximum atomic E-state index is 12.3. The monoisotopic (exact) mass is 451 g/mol. The van der Waals surface area contributed by atoms with Crippen LogP contribution in [0.2, 0.25) is 0 Å². The van der Waals surface area contributed by atoms with Gasteiger partial charge < -0.3 is 24.1 Å². The predicted octanol–water partition coefficient (Wildman–Crippen LogP) is 4.28. The van der Waals surface area contributed by atoms with E-state index in [0.717, 1.165) is 22.8 Å². The summed E-state index contributed by atoms with van der Waals surface area (Å²) in [5.41, 5.74) is 1.74. The zero-order valence-electron chi connectivity index (χ0n) is 18.0. The number of hydrogen-bond donors (Lipinski definition) is 1. The highest BCUT2D eigenvalue weighted by Crippen LogP contribution is 2.40. The van der Waals surface area contributed by atoms with Gasteiger partial charge in [0.1, 0.15) is 29.9 Å². The Morgan fingerprint density at radius 2 is 1.94 bits per heavy atom. The molecule has 1 aromatic carbocycles. The van der Waals surface area contributed by atoms with Gasteiger partial charge in [0.05, 0.1) is 24.9 Å². The van der Waals surface area contributed by atoms with Crippen molar-refractivity contribution in [2.24, 2.45) is 0 Å². The molecule has 0 saturated carbocycles. The molecular formula is C24H25N3O4S. The topological polar surface area (TPSA) is 76.8 Å². The van der Waals surface area contributed by atoms with Gasteiger partial charge in [0.25, 0.3) is 0 Å². The number of aromatic nitrogens is 1. The van der Waals surface area contributed by atoms with Crippen LogP contribution in [0.3, 0.4) is 0 Å². The zero-order valence-corrected chi connectivity index (χ0v) is 18.8. The maximum Gasteiger partial charge on any atom is 0.325 e. The molecule has 8 heteroatoms. The molecule has 2 atom stereocenters. The molecule has 1 fully saturated rings. The molecule has 4 rings (SSSR count). The molecule has 1 N–H and O–H groups in total. The molecule has 0 amide bonds. The van der Waals surface area contributed by atoms with Crippen LogP contribution in [-0.2, 0) is 9.53 Å². The van der Waals surface area contributed by atoms with E-state index in [4.69, 9.17) is 26.1 Å². The number of furan rings is 1. The van der Waals surface area contributed by atoms with Gasteiger partial charge >= 0.3 is 5.97 Å². The van der Waals surface area contributed by atoms with Crippen molar-refractivity contribution in [3.8, 4) is 17.1 Å². The van der Waals surface area contributed by atoms with E-state index < -0.39 is 0 Å². The van der Waals surface area contributed by atoms with Gasteiger partial charge in [-0.05, 0) is 74.6 Å². The molecule has 1 aliphatic heterocycles. The molecule has 0 bridgehead atoms. The first-order valence-corrected chi connectivity index (χ1v) is 11.0. The van der Waals surface area contributed by atoms with Crippen LogP contribution in [-0.4, -0.2) is 40.7 Å². The van der Waals surface area contributed by atoms with Crippen LogP contribution in [0.4, 0.5) is 0 Å². The molecule has 1 saturated heterocycles. The fourth-order valence-corrected chi connectivity index (χ4v) is 4.08. The van der Waals surface area contributed by atoms with E-state index in [-0.39, 0.29) is 24.6 Å². The van der Waals surface area contributed by atoms with Gasteiger partial charge in [-0.1, -0.05) is 6.07 Å². The first-order valence-electron chi connectivity index (χ1n) is 10.6. The summed E-state index contributed by atoms with van der Waals surface area (Å²) in [5, 5.41) is 3.75. The summed E-state index contributed by atoms with van der Waals surface area (Å²) in [6.45, 7) is 4.68. The lowest BCUT2D eigenvalue weighted by Crippen LogP contribution is -2.35. The molecule has 3 heterocycles. The number of nitrogens with zero attached hydrogens (tertiary/aromatic N) is 2. The van der Waals surface area contributed by atoms with Crippen LogP contribution < -0.4 is 10.1 Å². The summed E-state index contributed by atoms with van der Waals surface area (Å²) < 4.78 is 16.9. The predicted molar refractivity (Wildman–Crippen MR) is 124 cm³/mol. The van der Waals surface area contributed by atoms with Gasteiger partial charge in [0.2, 0.25) is 0 Å². The number of ether oxygens (including phenoxy) is 2. The molecule has 7 nitrogen and oxygen atoms in total. The van der Waals surface area contributed by atoms with Gasteiger partial charge in [-0.25, -0.2) is 0 Å². The number of hydrogen-bond acceptors (Lipinski definition) is 6. The Balaban J connectivity index is 1.66. The minimum absolute atomic E-state index is 0.0206. The van der Waals surface area contributed by atoms with Gasteiger partial charge in [-0.15, -0.1) is 0 Å².